The largest absolute Gasteiger partial charge is 0.333 e. The number of rotatable bonds is 4. The summed E-state index contributed by atoms with van der Waals surface area (Å²) >= 11 is 0. The van der Waals surface area contributed by atoms with Gasteiger partial charge in [-0.25, -0.2) is 0 Å². The number of hydrogen-bond acceptors (Lipinski definition) is 2. The van der Waals surface area contributed by atoms with E-state index in [-0.39, 0.29) is 12.0 Å². The van der Waals surface area contributed by atoms with Crippen LogP contribution in [-0.4, -0.2) is 15.6 Å². The molecule has 0 saturated heterocycles. The van der Waals surface area contributed by atoms with Gasteiger partial charge < -0.3 is 9.47 Å². The maximum absolute atomic E-state index is 4.79. The Morgan fingerprint density at radius 1 is 0.700 bits per heavy atom. The molecule has 0 spiro atoms. The van der Waals surface area contributed by atoms with Crippen LogP contribution in [-0.2, 0) is 6.42 Å². The molecule has 6 aromatic rings. The van der Waals surface area contributed by atoms with Gasteiger partial charge in [0.1, 0.15) is 0 Å². The minimum absolute atomic E-state index is 0.0928. The van der Waals surface area contributed by atoms with Crippen molar-refractivity contribution in [3.63, 3.8) is 0 Å². The average Bonchev–Trinajstić information content (AvgIpc) is 3.47. The van der Waals surface area contributed by atoms with Crippen molar-refractivity contribution in [3.8, 4) is 27.9 Å². The molecule has 4 aromatic carbocycles. The first-order chi connectivity index (χ1) is 24.8. The first-order valence-electron chi connectivity index (χ1n) is 18.2. The zero-order chi connectivity index (χ0) is 33.0. The third-order valence-corrected chi connectivity index (χ3v) is 11.2. The second-order valence-corrected chi connectivity index (χ2v) is 14.1. The van der Waals surface area contributed by atoms with Crippen LogP contribution in [0.25, 0.3) is 44.9 Å². The molecular formula is C47H39N3. The number of nitrogens with zero attached hydrogens (tertiary/aromatic N) is 3. The molecule has 4 aliphatic rings. The number of fused-ring (bicyclic) bond motifs is 8. The fourth-order valence-corrected chi connectivity index (χ4v) is 8.93. The molecule has 3 unspecified atom stereocenters. The Labute approximate surface area is 294 Å². The number of para-hydroxylation sites is 3. The van der Waals surface area contributed by atoms with E-state index in [4.69, 9.17) is 4.98 Å². The summed E-state index contributed by atoms with van der Waals surface area (Å²) in [5.41, 5.74) is 15.2. The zero-order valence-corrected chi connectivity index (χ0v) is 28.1. The maximum Gasteiger partial charge on any atom is 0.0658 e. The van der Waals surface area contributed by atoms with E-state index < -0.39 is 0 Å². The van der Waals surface area contributed by atoms with Gasteiger partial charge >= 0.3 is 0 Å². The van der Waals surface area contributed by atoms with Crippen LogP contribution < -0.4 is 4.90 Å². The van der Waals surface area contributed by atoms with Crippen molar-refractivity contribution in [2.45, 2.75) is 50.0 Å². The molecule has 0 fully saturated rings. The van der Waals surface area contributed by atoms with Crippen LogP contribution in [0.2, 0.25) is 0 Å². The van der Waals surface area contributed by atoms with Crippen molar-refractivity contribution in [2.24, 2.45) is 0 Å². The predicted molar refractivity (Wildman–Crippen MR) is 208 cm³/mol. The molecule has 3 heteroatoms. The quantitative estimate of drug-likeness (QED) is 0.178. The van der Waals surface area contributed by atoms with Crippen molar-refractivity contribution in [1.29, 1.82) is 0 Å². The van der Waals surface area contributed by atoms with E-state index in [0.29, 0.717) is 5.92 Å². The van der Waals surface area contributed by atoms with E-state index in [2.05, 4.69) is 161 Å². The highest BCUT2D eigenvalue weighted by Gasteiger charge is 2.39. The smallest absolute Gasteiger partial charge is 0.0658 e. The van der Waals surface area contributed by atoms with Gasteiger partial charge in [0.05, 0.1) is 17.3 Å². The van der Waals surface area contributed by atoms with Gasteiger partial charge in [0, 0.05) is 62.9 Å². The molecule has 0 amide bonds. The lowest BCUT2D eigenvalue weighted by Crippen LogP contribution is -2.35. The number of aromatic nitrogens is 2. The highest BCUT2D eigenvalue weighted by molar-refractivity contribution is 6.04. The summed E-state index contributed by atoms with van der Waals surface area (Å²) in [7, 11) is 0. The van der Waals surface area contributed by atoms with Gasteiger partial charge in [-0.2, -0.15) is 0 Å². The molecule has 2 aromatic heterocycles. The molecule has 3 heterocycles. The van der Waals surface area contributed by atoms with E-state index in [9.17, 15) is 0 Å². The number of aryl methyl sites for hydroxylation is 1. The highest BCUT2D eigenvalue weighted by Crippen LogP contribution is 2.52. The number of benzene rings is 4. The minimum Gasteiger partial charge on any atom is -0.333 e. The first kappa shape index (κ1) is 29.3. The molecular weight excluding hydrogens is 607 g/mol. The molecule has 3 atom stereocenters. The highest BCUT2D eigenvalue weighted by atomic mass is 15.2. The Bertz CT molecular complexity index is 2380. The standard InChI is InChI=1S/C47H39N3/c1-2-14-33(15-3-1)37-17-5-10-22-42(37)50-44-24-12-7-19-39(44)46-38-18-6-11-23-43(38)49(45-25-13-8-20-40(45)47(46)50)36-28-26-32(27-29-36)35-30-34-16-4-9-21-41(34)48-31-35/h2,5-14,17-31,33,40,45H,1,3-4,15-16H2. The van der Waals surface area contributed by atoms with Crippen LogP contribution in [0.15, 0.2) is 152 Å². The lowest BCUT2D eigenvalue weighted by Gasteiger charge is -2.36. The fraction of sp³-hybridized carbons (Fsp3) is 0.170. The van der Waals surface area contributed by atoms with Gasteiger partial charge in [-0.05, 0) is 91.3 Å². The third-order valence-electron chi connectivity index (χ3n) is 11.2. The molecule has 0 N–H and O–H groups in total. The van der Waals surface area contributed by atoms with Crippen LogP contribution in [0.4, 0.5) is 11.4 Å². The molecule has 0 saturated carbocycles. The Morgan fingerprint density at radius 3 is 2.42 bits per heavy atom. The lowest BCUT2D eigenvalue weighted by molar-refractivity contribution is 0.646. The van der Waals surface area contributed by atoms with Gasteiger partial charge in [0.25, 0.3) is 0 Å². The molecule has 0 bridgehead atoms. The van der Waals surface area contributed by atoms with Crippen molar-refractivity contribution < 1.29 is 0 Å². The van der Waals surface area contributed by atoms with Gasteiger partial charge in [0.2, 0.25) is 0 Å². The van der Waals surface area contributed by atoms with Gasteiger partial charge in [0.15, 0.2) is 0 Å². The normalized spacial score (nSPS) is 20.2. The number of hydrogen-bond donors (Lipinski definition) is 0. The number of pyridine rings is 1. The van der Waals surface area contributed by atoms with Crippen LogP contribution in [0, 0.1) is 0 Å². The van der Waals surface area contributed by atoms with Crippen LogP contribution in [0.3, 0.4) is 0 Å². The summed E-state index contributed by atoms with van der Waals surface area (Å²) in [4.78, 5) is 7.37. The zero-order valence-electron chi connectivity index (χ0n) is 28.1. The summed E-state index contributed by atoms with van der Waals surface area (Å²) in [5.74, 6) is 0.548. The monoisotopic (exact) mass is 645 g/mol. The number of allylic oxidation sites excluding steroid dienone is 5. The molecule has 1 aliphatic heterocycles. The summed E-state index contributed by atoms with van der Waals surface area (Å²) in [6.45, 7) is 0. The maximum atomic E-state index is 4.79. The Morgan fingerprint density at radius 2 is 1.52 bits per heavy atom. The van der Waals surface area contributed by atoms with Crippen molar-refractivity contribution >= 4 is 28.4 Å². The van der Waals surface area contributed by atoms with E-state index in [0.717, 1.165) is 18.5 Å². The van der Waals surface area contributed by atoms with Crippen molar-refractivity contribution in [1.82, 2.24) is 9.55 Å². The van der Waals surface area contributed by atoms with Crippen LogP contribution in [0.1, 0.15) is 60.0 Å². The summed E-state index contributed by atoms with van der Waals surface area (Å²) < 4.78 is 2.62. The van der Waals surface area contributed by atoms with Crippen LogP contribution in [0.5, 0.6) is 0 Å². The minimum atomic E-state index is 0.0928. The van der Waals surface area contributed by atoms with E-state index in [1.165, 1.54) is 86.3 Å². The number of anilines is 2. The molecule has 50 heavy (non-hydrogen) atoms. The predicted octanol–water partition coefficient (Wildman–Crippen LogP) is 11.9. The SMILES string of the molecule is C1=CC2c3c(c4ccccc4n3-c3ccccc3C3C=CCCC3)-c3ccccc3N(c3ccc(-c4cnc5c(c4)CCC=C5)cc3)C2C=C1. The molecule has 242 valence electrons. The average molecular weight is 646 g/mol. The van der Waals surface area contributed by atoms with E-state index in [1.807, 2.05) is 6.20 Å². The summed E-state index contributed by atoms with van der Waals surface area (Å²) in [6, 6.07) is 38.8. The topological polar surface area (TPSA) is 21.1 Å². The van der Waals surface area contributed by atoms with E-state index in [1.54, 1.807) is 0 Å². The fourth-order valence-electron chi connectivity index (χ4n) is 8.93. The molecule has 0 radical (unpaired) electrons. The molecule has 3 aliphatic carbocycles. The van der Waals surface area contributed by atoms with Crippen LogP contribution >= 0.6 is 0 Å². The first-order valence-corrected chi connectivity index (χ1v) is 18.2. The molecule has 10 rings (SSSR count). The lowest BCUT2D eigenvalue weighted by atomic mass is 9.87. The second-order valence-electron chi connectivity index (χ2n) is 14.1. The summed E-state index contributed by atoms with van der Waals surface area (Å²) in [6.07, 6.45) is 26.3. The Kier molecular flexibility index (Phi) is 7.04. The van der Waals surface area contributed by atoms with Gasteiger partial charge in [-0.3, -0.25) is 4.98 Å². The van der Waals surface area contributed by atoms with Crippen molar-refractivity contribution in [3.05, 3.63) is 174 Å². The Balaban J connectivity index is 1.17. The van der Waals surface area contributed by atoms with E-state index >= 15 is 0 Å². The van der Waals surface area contributed by atoms with Crippen molar-refractivity contribution in [2.75, 3.05) is 4.90 Å². The summed E-state index contributed by atoms with van der Waals surface area (Å²) in [5, 5.41) is 1.30. The molecule has 3 nitrogen and oxygen atoms in total. The van der Waals surface area contributed by atoms with Gasteiger partial charge in [-0.15, -0.1) is 0 Å². The third kappa shape index (κ3) is 4.68. The Hall–Kier alpha value is -5.67. The van der Waals surface area contributed by atoms with Gasteiger partial charge in [-0.1, -0.05) is 109 Å². The second kappa shape index (κ2) is 12.0.